The minimum atomic E-state index is 0.443. The van der Waals surface area contributed by atoms with E-state index in [2.05, 4.69) is 36.4 Å². The standard InChI is InChI=1S/C15H31N3/c1-15(2,13-6-9-18(3)10-7-13)12-17-14-5-4-8-16-11-14/h13-14,16-17H,4-12H2,1-3H3. The van der Waals surface area contributed by atoms with E-state index in [1.54, 1.807) is 0 Å². The monoisotopic (exact) mass is 253 g/mol. The number of hydrogen-bond donors (Lipinski definition) is 2. The molecule has 1 atom stereocenters. The highest BCUT2D eigenvalue weighted by molar-refractivity contribution is 4.86. The summed E-state index contributed by atoms with van der Waals surface area (Å²) >= 11 is 0. The van der Waals surface area contributed by atoms with Crippen molar-refractivity contribution in [1.82, 2.24) is 15.5 Å². The first-order valence-corrected chi connectivity index (χ1v) is 7.70. The molecule has 3 nitrogen and oxygen atoms in total. The van der Waals surface area contributed by atoms with Crippen molar-refractivity contribution in [3.05, 3.63) is 0 Å². The van der Waals surface area contributed by atoms with Gasteiger partial charge in [0.2, 0.25) is 0 Å². The third-order valence-electron chi connectivity index (χ3n) is 4.97. The van der Waals surface area contributed by atoms with Crippen LogP contribution in [0.5, 0.6) is 0 Å². The number of rotatable bonds is 4. The number of hydrogen-bond acceptors (Lipinski definition) is 3. The van der Waals surface area contributed by atoms with Crippen molar-refractivity contribution < 1.29 is 0 Å². The van der Waals surface area contributed by atoms with Gasteiger partial charge in [-0.05, 0) is 63.7 Å². The van der Waals surface area contributed by atoms with E-state index < -0.39 is 0 Å². The zero-order chi connectivity index (χ0) is 13.0. The molecule has 2 saturated heterocycles. The number of likely N-dealkylation sites (tertiary alicyclic amines) is 1. The summed E-state index contributed by atoms with van der Waals surface area (Å²) in [7, 11) is 2.25. The molecule has 3 heteroatoms. The van der Waals surface area contributed by atoms with Crippen LogP contribution in [0.3, 0.4) is 0 Å². The third-order valence-corrected chi connectivity index (χ3v) is 4.97. The Kier molecular flexibility index (Phi) is 5.05. The second-order valence-corrected chi connectivity index (χ2v) is 6.99. The molecule has 2 heterocycles. The number of nitrogens with one attached hydrogen (secondary N) is 2. The predicted molar refractivity (Wildman–Crippen MR) is 77.9 cm³/mol. The molecule has 0 aliphatic carbocycles. The molecular weight excluding hydrogens is 222 g/mol. The van der Waals surface area contributed by atoms with Crippen molar-refractivity contribution in [3.8, 4) is 0 Å². The lowest BCUT2D eigenvalue weighted by molar-refractivity contribution is 0.109. The molecule has 0 radical (unpaired) electrons. The van der Waals surface area contributed by atoms with Gasteiger partial charge in [-0.1, -0.05) is 13.8 Å². The Balaban J connectivity index is 1.75. The highest BCUT2D eigenvalue weighted by atomic mass is 15.1. The SMILES string of the molecule is CN1CCC(C(C)(C)CNC2CCCNC2)CC1. The van der Waals surface area contributed by atoms with Gasteiger partial charge in [-0.2, -0.15) is 0 Å². The van der Waals surface area contributed by atoms with Crippen LogP contribution in [-0.2, 0) is 0 Å². The smallest absolute Gasteiger partial charge is 0.0193 e. The highest BCUT2D eigenvalue weighted by Crippen LogP contribution is 2.34. The summed E-state index contributed by atoms with van der Waals surface area (Å²) in [6.07, 6.45) is 5.41. The van der Waals surface area contributed by atoms with Crippen LogP contribution in [0.2, 0.25) is 0 Å². The minimum absolute atomic E-state index is 0.443. The molecule has 0 aromatic rings. The van der Waals surface area contributed by atoms with Gasteiger partial charge in [-0.25, -0.2) is 0 Å². The average molecular weight is 253 g/mol. The molecule has 2 aliphatic rings. The summed E-state index contributed by atoms with van der Waals surface area (Å²) in [5.41, 5.74) is 0.443. The maximum Gasteiger partial charge on any atom is 0.0193 e. The maximum atomic E-state index is 3.79. The van der Waals surface area contributed by atoms with Crippen molar-refractivity contribution in [2.24, 2.45) is 11.3 Å². The van der Waals surface area contributed by atoms with Crippen molar-refractivity contribution >= 4 is 0 Å². The molecule has 0 spiro atoms. The molecule has 18 heavy (non-hydrogen) atoms. The topological polar surface area (TPSA) is 27.3 Å². The lowest BCUT2D eigenvalue weighted by atomic mass is 9.73. The van der Waals surface area contributed by atoms with Gasteiger partial charge in [0, 0.05) is 19.1 Å². The molecule has 0 saturated carbocycles. The second-order valence-electron chi connectivity index (χ2n) is 6.99. The lowest BCUT2D eigenvalue weighted by Crippen LogP contribution is -2.48. The molecule has 0 aromatic heterocycles. The number of piperidine rings is 2. The molecule has 2 rings (SSSR count). The van der Waals surface area contributed by atoms with E-state index in [1.165, 1.54) is 51.9 Å². The average Bonchev–Trinajstić information content (AvgIpc) is 2.38. The molecule has 0 aromatic carbocycles. The predicted octanol–water partition coefficient (Wildman–Crippen LogP) is 1.70. The van der Waals surface area contributed by atoms with Crippen LogP contribution in [-0.4, -0.2) is 50.7 Å². The normalized spacial score (nSPS) is 28.5. The van der Waals surface area contributed by atoms with E-state index >= 15 is 0 Å². The van der Waals surface area contributed by atoms with Crippen molar-refractivity contribution in [1.29, 1.82) is 0 Å². The molecular formula is C15H31N3. The second kappa shape index (κ2) is 6.36. The van der Waals surface area contributed by atoms with E-state index in [0.717, 1.165) is 12.5 Å². The Labute approximate surface area is 113 Å². The van der Waals surface area contributed by atoms with Gasteiger partial charge in [0.1, 0.15) is 0 Å². The van der Waals surface area contributed by atoms with Gasteiger partial charge in [0.15, 0.2) is 0 Å². The minimum Gasteiger partial charge on any atom is -0.315 e. The summed E-state index contributed by atoms with van der Waals surface area (Å²) < 4.78 is 0. The zero-order valence-electron chi connectivity index (χ0n) is 12.5. The van der Waals surface area contributed by atoms with Crippen LogP contribution in [0.15, 0.2) is 0 Å². The summed E-state index contributed by atoms with van der Waals surface area (Å²) in [5.74, 6) is 0.887. The molecule has 106 valence electrons. The summed E-state index contributed by atoms with van der Waals surface area (Å²) in [6.45, 7) is 11.0. The fraction of sp³-hybridized carbons (Fsp3) is 1.00. The zero-order valence-corrected chi connectivity index (χ0v) is 12.5. The molecule has 2 aliphatic heterocycles. The quantitative estimate of drug-likeness (QED) is 0.798. The highest BCUT2D eigenvalue weighted by Gasteiger charge is 2.32. The van der Waals surface area contributed by atoms with Crippen molar-refractivity contribution in [2.45, 2.75) is 45.6 Å². The van der Waals surface area contributed by atoms with E-state index in [4.69, 9.17) is 0 Å². The fourth-order valence-corrected chi connectivity index (χ4v) is 3.37. The van der Waals surface area contributed by atoms with Crippen LogP contribution >= 0.6 is 0 Å². The molecule has 0 amide bonds. The molecule has 1 unspecified atom stereocenters. The largest absolute Gasteiger partial charge is 0.315 e. The Hall–Kier alpha value is -0.120. The van der Waals surface area contributed by atoms with Crippen molar-refractivity contribution in [3.63, 3.8) is 0 Å². The van der Waals surface area contributed by atoms with E-state index in [9.17, 15) is 0 Å². The first kappa shape index (κ1) is 14.3. The molecule has 0 bridgehead atoms. The van der Waals surface area contributed by atoms with Crippen molar-refractivity contribution in [2.75, 3.05) is 39.8 Å². The van der Waals surface area contributed by atoms with Crippen LogP contribution in [0.25, 0.3) is 0 Å². The third kappa shape index (κ3) is 3.94. The summed E-state index contributed by atoms with van der Waals surface area (Å²) in [6, 6.07) is 0.698. The first-order valence-electron chi connectivity index (χ1n) is 7.70. The molecule has 2 N–H and O–H groups in total. The van der Waals surface area contributed by atoms with Gasteiger partial charge >= 0.3 is 0 Å². The Morgan fingerprint density at radius 2 is 1.94 bits per heavy atom. The Morgan fingerprint density at radius 1 is 1.22 bits per heavy atom. The first-order chi connectivity index (χ1) is 8.58. The molecule has 2 fully saturated rings. The van der Waals surface area contributed by atoms with Gasteiger partial charge in [-0.3, -0.25) is 0 Å². The Morgan fingerprint density at radius 3 is 2.56 bits per heavy atom. The van der Waals surface area contributed by atoms with Gasteiger partial charge < -0.3 is 15.5 Å². The lowest BCUT2D eigenvalue weighted by Gasteiger charge is -2.41. The fourth-order valence-electron chi connectivity index (χ4n) is 3.37. The Bertz CT molecular complexity index is 238. The van der Waals surface area contributed by atoms with Crippen LogP contribution < -0.4 is 10.6 Å². The summed E-state index contributed by atoms with van der Waals surface area (Å²) in [5, 5.41) is 7.28. The van der Waals surface area contributed by atoms with E-state index in [-0.39, 0.29) is 0 Å². The number of nitrogens with zero attached hydrogens (tertiary/aromatic N) is 1. The summed E-state index contributed by atoms with van der Waals surface area (Å²) in [4.78, 5) is 2.46. The van der Waals surface area contributed by atoms with Gasteiger partial charge in [0.25, 0.3) is 0 Å². The van der Waals surface area contributed by atoms with Crippen LogP contribution in [0.1, 0.15) is 39.5 Å². The van der Waals surface area contributed by atoms with Crippen LogP contribution in [0.4, 0.5) is 0 Å². The van der Waals surface area contributed by atoms with Gasteiger partial charge in [0.05, 0.1) is 0 Å². The maximum absolute atomic E-state index is 3.79. The van der Waals surface area contributed by atoms with E-state index in [1.807, 2.05) is 0 Å². The van der Waals surface area contributed by atoms with Crippen LogP contribution in [0, 0.1) is 11.3 Å². The van der Waals surface area contributed by atoms with E-state index in [0.29, 0.717) is 11.5 Å². The van der Waals surface area contributed by atoms with Gasteiger partial charge in [-0.15, -0.1) is 0 Å².